The van der Waals surface area contributed by atoms with Crippen molar-refractivity contribution in [3.05, 3.63) is 96.1 Å². The molecule has 1 saturated heterocycles. The standard InChI is InChI=1S/C29H35N3O4S/c1-3-32(4-2)37(34,35)27-17-15-26(16-18-27)36-23-28(33)30-19-21-31(22-20-30)29(24-11-7-5-8-12-24)25-13-9-6-10-14-25/h5-18,29H,3-4,19-23H2,1-2H3. The van der Waals surface area contributed by atoms with Crippen molar-refractivity contribution in [1.29, 1.82) is 0 Å². The molecular formula is C29H35N3O4S. The molecule has 7 nitrogen and oxygen atoms in total. The number of piperazine rings is 1. The molecule has 0 aromatic heterocycles. The van der Waals surface area contributed by atoms with Crippen molar-refractivity contribution in [3.63, 3.8) is 0 Å². The highest BCUT2D eigenvalue weighted by molar-refractivity contribution is 7.89. The van der Waals surface area contributed by atoms with Crippen molar-refractivity contribution in [2.45, 2.75) is 24.8 Å². The molecule has 0 saturated carbocycles. The van der Waals surface area contributed by atoms with E-state index in [-0.39, 0.29) is 23.5 Å². The second-order valence-electron chi connectivity index (χ2n) is 8.99. The zero-order valence-corrected chi connectivity index (χ0v) is 22.3. The molecule has 196 valence electrons. The minimum atomic E-state index is -3.52. The second kappa shape index (κ2) is 12.4. The van der Waals surface area contributed by atoms with Crippen molar-refractivity contribution in [2.75, 3.05) is 45.9 Å². The number of nitrogens with zero attached hydrogens (tertiary/aromatic N) is 3. The fourth-order valence-corrected chi connectivity index (χ4v) is 6.23. The Morgan fingerprint density at radius 2 is 1.32 bits per heavy atom. The maximum absolute atomic E-state index is 12.9. The third-order valence-corrected chi connectivity index (χ3v) is 8.86. The summed E-state index contributed by atoms with van der Waals surface area (Å²) in [5.41, 5.74) is 2.48. The van der Waals surface area contributed by atoms with E-state index in [2.05, 4.69) is 53.4 Å². The molecule has 0 bridgehead atoms. The molecule has 0 spiro atoms. The van der Waals surface area contributed by atoms with E-state index < -0.39 is 10.0 Å². The van der Waals surface area contributed by atoms with E-state index in [1.165, 1.54) is 27.6 Å². The van der Waals surface area contributed by atoms with Crippen LogP contribution in [-0.2, 0) is 14.8 Å². The van der Waals surface area contributed by atoms with Gasteiger partial charge in [0.2, 0.25) is 10.0 Å². The average molecular weight is 522 g/mol. The van der Waals surface area contributed by atoms with Crippen LogP contribution < -0.4 is 4.74 Å². The number of hydrogen-bond donors (Lipinski definition) is 0. The normalized spacial score (nSPS) is 14.8. The number of carbonyl (C=O) groups excluding carboxylic acids is 1. The summed E-state index contributed by atoms with van der Waals surface area (Å²) in [7, 11) is -3.52. The number of amides is 1. The Morgan fingerprint density at radius 3 is 1.81 bits per heavy atom. The predicted molar refractivity (Wildman–Crippen MR) is 145 cm³/mol. The smallest absolute Gasteiger partial charge is 0.260 e. The van der Waals surface area contributed by atoms with E-state index in [9.17, 15) is 13.2 Å². The maximum atomic E-state index is 12.9. The van der Waals surface area contributed by atoms with Gasteiger partial charge in [-0.25, -0.2) is 8.42 Å². The lowest BCUT2D eigenvalue weighted by Gasteiger charge is -2.39. The van der Waals surface area contributed by atoms with Crippen LogP contribution in [0.25, 0.3) is 0 Å². The van der Waals surface area contributed by atoms with Gasteiger partial charge in [0.25, 0.3) is 5.91 Å². The summed E-state index contributed by atoms with van der Waals surface area (Å²) in [5, 5.41) is 0. The van der Waals surface area contributed by atoms with Gasteiger partial charge in [-0.1, -0.05) is 74.5 Å². The Bertz CT molecular complexity index is 1200. The second-order valence-corrected chi connectivity index (χ2v) is 10.9. The SMILES string of the molecule is CCN(CC)S(=O)(=O)c1ccc(OCC(=O)N2CCN(C(c3ccccc3)c3ccccc3)CC2)cc1. The Balaban J connectivity index is 1.34. The lowest BCUT2D eigenvalue weighted by Crippen LogP contribution is -2.51. The van der Waals surface area contributed by atoms with Crippen LogP contribution in [0.15, 0.2) is 89.8 Å². The molecule has 4 rings (SSSR count). The van der Waals surface area contributed by atoms with Crippen LogP contribution in [-0.4, -0.2) is 74.3 Å². The van der Waals surface area contributed by atoms with Crippen LogP contribution in [0, 0.1) is 0 Å². The number of sulfonamides is 1. The Labute approximate surface area is 220 Å². The molecule has 0 radical (unpaired) electrons. The highest BCUT2D eigenvalue weighted by Gasteiger charge is 2.28. The molecule has 0 aliphatic carbocycles. The summed E-state index contributed by atoms with van der Waals surface area (Å²) >= 11 is 0. The van der Waals surface area contributed by atoms with Crippen molar-refractivity contribution in [1.82, 2.24) is 14.1 Å². The van der Waals surface area contributed by atoms with Gasteiger partial charge < -0.3 is 9.64 Å². The van der Waals surface area contributed by atoms with Crippen LogP contribution >= 0.6 is 0 Å². The van der Waals surface area contributed by atoms with Crippen molar-refractivity contribution < 1.29 is 17.9 Å². The van der Waals surface area contributed by atoms with Gasteiger partial charge in [0.1, 0.15) is 5.75 Å². The average Bonchev–Trinajstić information content (AvgIpc) is 2.94. The molecule has 1 heterocycles. The highest BCUT2D eigenvalue weighted by atomic mass is 32.2. The van der Waals surface area contributed by atoms with Crippen LogP contribution in [0.4, 0.5) is 0 Å². The molecule has 8 heteroatoms. The fraction of sp³-hybridized carbons (Fsp3) is 0.345. The quantitative estimate of drug-likeness (QED) is 0.403. The number of hydrogen-bond acceptors (Lipinski definition) is 5. The van der Waals surface area contributed by atoms with E-state index in [0.29, 0.717) is 31.9 Å². The number of carbonyl (C=O) groups is 1. The van der Waals surface area contributed by atoms with Gasteiger partial charge >= 0.3 is 0 Å². The third kappa shape index (κ3) is 6.39. The van der Waals surface area contributed by atoms with Crippen LogP contribution in [0.3, 0.4) is 0 Å². The van der Waals surface area contributed by atoms with Gasteiger partial charge in [0, 0.05) is 39.3 Å². The lowest BCUT2D eigenvalue weighted by molar-refractivity contribution is -0.135. The van der Waals surface area contributed by atoms with Crippen molar-refractivity contribution in [2.24, 2.45) is 0 Å². The first kappa shape index (κ1) is 26.9. The van der Waals surface area contributed by atoms with Gasteiger partial charge in [-0.05, 0) is 35.4 Å². The number of ether oxygens (including phenoxy) is 1. The van der Waals surface area contributed by atoms with Gasteiger partial charge in [0.05, 0.1) is 10.9 Å². The summed E-state index contributed by atoms with van der Waals surface area (Å²) in [6.45, 7) is 7.14. The van der Waals surface area contributed by atoms with Gasteiger partial charge in [-0.2, -0.15) is 4.31 Å². The largest absolute Gasteiger partial charge is 0.484 e. The molecule has 3 aromatic carbocycles. The van der Waals surface area contributed by atoms with E-state index in [4.69, 9.17) is 4.74 Å². The molecule has 3 aromatic rings. The Morgan fingerprint density at radius 1 is 0.811 bits per heavy atom. The maximum Gasteiger partial charge on any atom is 0.260 e. The Hall–Kier alpha value is -3.20. The molecule has 1 amide bonds. The van der Waals surface area contributed by atoms with Crippen molar-refractivity contribution in [3.8, 4) is 5.75 Å². The summed E-state index contributed by atoms with van der Waals surface area (Å²) in [6.07, 6.45) is 0. The zero-order valence-electron chi connectivity index (χ0n) is 21.5. The van der Waals surface area contributed by atoms with Crippen LogP contribution in [0.2, 0.25) is 0 Å². The third-order valence-electron chi connectivity index (χ3n) is 6.79. The topological polar surface area (TPSA) is 70.2 Å². The molecule has 1 aliphatic rings. The van der Waals surface area contributed by atoms with E-state index >= 15 is 0 Å². The minimum absolute atomic E-state index is 0.0736. The minimum Gasteiger partial charge on any atom is -0.484 e. The molecule has 0 atom stereocenters. The van der Waals surface area contributed by atoms with Crippen LogP contribution in [0.5, 0.6) is 5.75 Å². The van der Waals surface area contributed by atoms with E-state index in [0.717, 1.165) is 13.1 Å². The zero-order chi connectivity index (χ0) is 26.3. The van der Waals surface area contributed by atoms with Gasteiger partial charge in [0.15, 0.2) is 6.61 Å². The van der Waals surface area contributed by atoms with E-state index in [1.54, 1.807) is 12.1 Å². The first-order valence-electron chi connectivity index (χ1n) is 12.8. The summed E-state index contributed by atoms with van der Waals surface area (Å²) in [4.78, 5) is 17.3. The molecular weight excluding hydrogens is 486 g/mol. The molecule has 1 aliphatic heterocycles. The van der Waals surface area contributed by atoms with Gasteiger partial charge in [-0.15, -0.1) is 0 Å². The fourth-order valence-electron chi connectivity index (χ4n) is 4.77. The van der Waals surface area contributed by atoms with Crippen LogP contribution in [0.1, 0.15) is 31.0 Å². The lowest BCUT2D eigenvalue weighted by atomic mass is 9.96. The first-order chi connectivity index (χ1) is 17.9. The molecule has 0 unspecified atom stereocenters. The summed E-state index contributed by atoms with van der Waals surface area (Å²) in [6, 6.07) is 27.3. The number of benzene rings is 3. The Kier molecular flexibility index (Phi) is 8.97. The monoisotopic (exact) mass is 521 g/mol. The highest BCUT2D eigenvalue weighted by Crippen LogP contribution is 2.29. The molecule has 37 heavy (non-hydrogen) atoms. The summed E-state index contributed by atoms with van der Waals surface area (Å²) in [5.74, 6) is 0.397. The van der Waals surface area contributed by atoms with E-state index in [1.807, 2.05) is 30.9 Å². The van der Waals surface area contributed by atoms with Crippen molar-refractivity contribution >= 4 is 15.9 Å². The van der Waals surface area contributed by atoms with Gasteiger partial charge in [-0.3, -0.25) is 9.69 Å². The first-order valence-corrected chi connectivity index (χ1v) is 14.2. The predicted octanol–water partition coefficient (Wildman–Crippen LogP) is 4.03. The molecule has 1 fully saturated rings. The summed E-state index contributed by atoms with van der Waals surface area (Å²) < 4.78 is 32.4. The molecule has 0 N–H and O–H groups in total. The number of rotatable bonds is 10.